The largest absolute Gasteiger partial charge is 0.303 e. The molecule has 1 unspecified atom stereocenters. The van der Waals surface area contributed by atoms with Crippen LogP contribution in [0.25, 0.3) is 0 Å². The molecule has 3 heterocycles. The minimum atomic E-state index is -3.60. The number of hydrogen-bond acceptors (Lipinski definition) is 5. The lowest BCUT2D eigenvalue weighted by atomic mass is 10.1. The van der Waals surface area contributed by atoms with Gasteiger partial charge in [0, 0.05) is 52.4 Å². The highest BCUT2D eigenvalue weighted by atomic mass is 35.5. The van der Waals surface area contributed by atoms with E-state index in [4.69, 9.17) is 11.6 Å². The van der Waals surface area contributed by atoms with Crippen LogP contribution in [0, 0.1) is 6.92 Å². The number of rotatable bonds is 2. The lowest BCUT2D eigenvalue weighted by Crippen LogP contribution is -2.62. The van der Waals surface area contributed by atoms with Crippen molar-refractivity contribution in [1.82, 2.24) is 23.9 Å². The van der Waals surface area contributed by atoms with E-state index < -0.39 is 10.0 Å². The third-order valence-electron chi connectivity index (χ3n) is 4.56. The van der Waals surface area contributed by atoms with Crippen LogP contribution >= 0.6 is 11.6 Å². The molecule has 0 saturated carbocycles. The molecule has 2 aliphatic heterocycles. The predicted molar refractivity (Wildman–Crippen MR) is 84.6 cm³/mol. The molecule has 1 atom stereocenters. The Labute approximate surface area is 136 Å². The SMILES string of the molecule is Cc1nn(C)c(Cl)c1S(=O)(=O)N1CCN2CCN(C)CC2C1. The van der Waals surface area contributed by atoms with E-state index in [0.717, 1.165) is 26.2 Å². The number of sulfonamides is 1. The second-order valence-electron chi connectivity index (χ2n) is 6.14. The normalized spacial score (nSPS) is 25.4. The number of likely N-dealkylation sites (N-methyl/N-ethyl adjacent to an activating group) is 1. The Kier molecular flexibility index (Phi) is 4.24. The summed E-state index contributed by atoms with van der Waals surface area (Å²) >= 11 is 6.15. The maximum absolute atomic E-state index is 13.0. The second kappa shape index (κ2) is 5.76. The minimum Gasteiger partial charge on any atom is -0.303 e. The third kappa shape index (κ3) is 2.67. The van der Waals surface area contributed by atoms with Crippen LogP contribution in [0.5, 0.6) is 0 Å². The van der Waals surface area contributed by atoms with Crippen LogP contribution in [-0.2, 0) is 17.1 Å². The van der Waals surface area contributed by atoms with E-state index in [-0.39, 0.29) is 16.1 Å². The van der Waals surface area contributed by atoms with E-state index in [2.05, 4.69) is 21.9 Å². The summed E-state index contributed by atoms with van der Waals surface area (Å²) in [6, 6.07) is 0.248. The highest BCUT2D eigenvalue weighted by Gasteiger charge is 2.38. The molecule has 2 saturated heterocycles. The summed E-state index contributed by atoms with van der Waals surface area (Å²) in [6.07, 6.45) is 0. The van der Waals surface area contributed by atoms with Gasteiger partial charge in [0.05, 0.1) is 5.69 Å². The van der Waals surface area contributed by atoms with Crippen LogP contribution in [0.15, 0.2) is 4.90 Å². The Bertz CT molecular complexity index is 674. The monoisotopic (exact) mass is 347 g/mol. The standard InChI is InChI=1S/C13H22ClN5O2S/c1-10-12(13(14)17(3)15-10)22(20,21)19-7-6-18-5-4-16(2)8-11(18)9-19/h11H,4-9H2,1-3H3. The Morgan fingerprint density at radius 2 is 1.82 bits per heavy atom. The molecule has 0 radical (unpaired) electrons. The number of fused-ring (bicyclic) bond motifs is 1. The van der Waals surface area contributed by atoms with Crippen molar-refractivity contribution >= 4 is 21.6 Å². The van der Waals surface area contributed by atoms with Gasteiger partial charge in [-0.3, -0.25) is 9.58 Å². The molecule has 3 rings (SSSR count). The lowest BCUT2D eigenvalue weighted by molar-refractivity contribution is 0.0466. The van der Waals surface area contributed by atoms with Gasteiger partial charge < -0.3 is 4.90 Å². The molecule has 0 aromatic carbocycles. The number of aromatic nitrogens is 2. The number of nitrogens with zero attached hydrogens (tertiary/aromatic N) is 5. The number of piperazine rings is 2. The van der Waals surface area contributed by atoms with E-state index in [0.29, 0.717) is 18.8 Å². The van der Waals surface area contributed by atoms with Crippen molar-refractivity contribution < 1.29 is 8.42 Å². The fraction of sp³-hybridized carbons (Fsp3) is 0.769. The van der Waals surface area contributed by atoms with Crippen molar-refractivity contribution in [2.24, 2.45) is 7.05 Å². The summed E-state index contributed by atoms with van der Waals surface area (Å²) in [7, 11) is 0.134. The Morgan fingerprint density at radius 1 is 1.14 bits per heavy atom. The summed E-state index contributed by atoms with van der Waals surface area (Å²) in [5.41, 5.74) is 0.454. The van der Waals surface area contributed by atoms with Gasteiger partial charge in [0.15, 0.2) is 0 Å². The zero-order valence-electron chi connectivity index (χ0n) is 13.2. The van der Waals surface area contributed by atoms with Crippen molar-refractivity contribution in [3.05, 3.63) is 10.8 Å². The van der Waals surface area contributed by atoms with Crippen molar-refractivity contribution in [2.75, 3.05) is 46.3 Å². The van der Waals surface area contributed by atoms with E-state index >= 15 is 0 Å². The molecule has 0 aliphatic carbocycles. The average Bonchev–Trinajstić information content (AvgIpc) is 2.71. The first-order valence-corrected chi connectivity index (χ1v) is 9.24. The highest BCUT2D eigenvalue weighted by molar-refractivity contribution is 7.89. The Morgan fingerprint density at radius 3 is 2.45 bits per heavy atom. The van der Waals surface area contributed by atoms with Crippen LogP contribution < -0.4 is 0 Å². The molecule has 0 N–H and O–H groups in total. The number of halogens is 1. The van der Waals surface area contributed by atoms with Crippen molar-refractivity contribution in [3.8, 4) is 0 Å². The van der Waals surface area contributed by atoms with Gasteiger partial charge in [-0.15, -0.1) is 0 Å². The quantitative estimate of drug-likeness (QED) is 0.753. The molecule has 0 bridgehead atoms. The molecule has 2 fully saturated rings. The topological polar surface area (TPSA) is 61.7 Å². The van der Waals surface area contributed by atoms with Crippen molar-refractivity contribution in [2.45, 2.75) is 17.9 Å². The molecular formula is C13H22ClN5O2S. The predicted octanol–water partition coefficient (Wildman–Crippen LogP) is 0.00222. The summed E-state index contributed by atoms with van der Waals surface area (Å²) in [4.78, 5) is 4.78. The van der Waals surface area contributed by atoms with Crippen LogP contribution in [0.3, 0.4) is 0 Å². The van der Waals surface area contributed by atoms with Gasteiger partial charge >= 0.3 is 0 Å². The zero-order chi connectivity index (χ0) is 16.1. The first-order chi connectivity index (χ1) is 10.3. The average molecular weight is 348 g/mol. The zero-order valence-corrected chi connectivity index (χ0v) is 14.7. The van der Waals surface area contributed by atoms with Gasteiger partial charge in [-0.25, -0.2) is 8.42 Å². The molecule has 0 spiro atoms. The first-order valence-electron chi connectivity index (χ1n) is 7.42. The smallest absolute Gasteiger partial charge is 0.248 e. The fourth-order valence-electron chi connectivity index (χ4n) is 3.33. The summed E-state index contributed by atoms with van der Waals surface area (Å²) < 4.78 is 28.9. The molecule has 9 heteroatoms. The molecule has 1 aromatic rings. The van der Waals surface area contributed by atoms with Gasteiger partial charge in [0.25, 0.3) is 0 Å². The Hall–Kier alpha value is -0.670. The van der Waals surface area contributed by atoms with E-state index in [1.54, 1.807) is 18.3 Å². The van der Waals surface area contributed by atoms with Crippen LogP contribution in [-0.4, -0.2) is 84.7 Å². The summed E-state index contributed by atoms with van der Waals surface area (Å²) in [5.74, 6) is 0. The third-order valence-corrected chi connectivity index (χ3v) is 7.12. The van der Waals surface area contributed by atoms with Gasteiger partial charge in [-0.1, -0.05) is 11.6 Å². The molecule has 22 heavy (non-hydrogen) atoms. The lowest BCUT2D eigenvalue weighted by Gasteiger charge is -2.45. The molecule has 7 nitrogen and oxygen atoms in total. The molecule has 1 aromatic heterocycles. The van der Waals surface area contributed by atoms with Gasteiger partial charge in [0.2, 0.25) is 10.0 Å². The molecular weight excluding hydrogens is 326 g/mol. The van der Waals surface area contributed by atoms with E-state index in [1.807, 2.05) is 0 Å². The van der Waals surface area contributed by atoms with E-state index in [9.17, 15) is 8.42 Å². The maximum atomic E-state index is 13.0. The minimum absolute atomic E-state index is 0.147. The van der Waals surface area contributed by atoms with Crippen molar-refractivity contribution in [1.29, 1.82) is 0 Å². The number of aryl methyl sites for hydroxylation is 2. The van der Waals surface area contributed by atoms with Gasteiger partial charge in [0.1, 0.15) is 10.0 Å². The number of hydrogen-bond donors (Lipinski definition) is 0. The van der Waals surface area contributed by atoms with Gasteiger partial charge in [-0.2, -0.15) is 9.40 Å². The fourth-order valence-corrected chi connectivity index (χ4v) is 5.51. The van der Waals surface area contributed by atoms with Crippen LogP contribution in [0.4, 0.5) is 0 Å². The molecule has 0 amide bonds. The van der Waals surface area contributed by atoms with Crippen LogP contribution in [0.2, 0.25) is 5.15 Å². The molecule has 2 aliphatic rings. The maximum Gasteiger partial charge on any atom is 0.248 e. The van der Waals surface area contributed by atoms with Crippen LogP contribution in [0.1, 0.15) is 5.69 Å². The summed E-state index contributed by atoms with van der Waals surface area (Å²) in [5, 5.41) is 4.31. The highest BCUT2D eigenvalue weighted by Crippen LogP contribution is 2.29. The van der Waals surface area contributed by atoms with Gasteiger partial charge in [-0.05, 0) is 14.0 Å². The van der Waals surface area contributed by atoms with E-state index in [1.165, 1.54) is 4.68 Å². The first kappa shape index (κ1) is 16.2. The van der Waals surface area contributed by atoms with Crippen molar-refractivity contribution in [3.63, 3.8) is 0 Å². The summed E-state index contributed by atoms with van der Waals surface area (Å²) in [6.45, 7) is 6.41. The molecule has 124 valence electrons. The Balaban J connectivity index is 1.87. The second-order valence-corrected chi connectivity index (χ2v) is 8.38.